The highest BCUT2D eigenvalue weighted by molar-refractivity contribution is 7.17. The van der Waals surface area contributed by atoms with E-state index >= 15 is 0 Å². The molecule has 0 saturated carbocycles. The SMILES string of the molecule is C[C@H](NC(=O)c1sc(-c2ccco2)nc1-c1ccccc1)c1ccncc1. The molecule has 0 unspecified atom stereocenters. The molecule has 1 amide bonds. The number of amides is 1. The Balaban J connectivity index is 1.69. The molecule has 3 aromatic heterocycles. The molecule has 0 aliphatic carbocycles. The van der Waals surface area contributed by atoms with Crippen molar-refractivity contribution in [3.8, 4) is 22.0 Å². The lowest BCUT2D eigenvalue weighted by molar-refractivity contribution is 0.0944. The van der Waals surface area contributed by atoms with Gasteiger partial charge in [0.05, 0.1) is 18.0 Å². The molecule has 0 aliphatic heterocycles. The molecule has 0 fully saturated rings. The van der Waals surface area contributed by atoms with Crippen molar-refractivity contribution in [2.75, 3.05) is 0 Å². The number of nitrogens with one attached hydrogen (secondary N) is 1. The van der Waals surface area contributed by atoms with Crippen LogP contribution in [0.25, 0.3) is 22.0 Å². The van der Waals surface area contributed by atoms with Crippen molar-refractivity contribution in [2.45, 2.75) is 13.0 Å². The summed E-state index contributed by atoms with van der Waals surface area (Å²) in [6.45, 7) is 1.95. The molecular weight excluding hydrogens is 358 g/mol. The van der Waals surface area contributed by atoms with E-state index in [1.165, 1.54) is 11.3 Å². The second kappa shape index (κ2) is 7.55. The van der Waals surface area contributed by atoms with Gasteiger partial charge in [0, 0.05) is 18.0 Å². The highest BCUT2D eigenvalue weighted by atomic mass is 32.1. The Labute approximate surface area is 160 Å². The Kier molecular flexibility index (Phi) is 4.80. The first-order valence-electron chi connectivity index (χ1n) is 8.53. The molecule has 4 rings (SSSR count). The zero-order valence-electron chi connectivity index (χ0n) is 14.6. The van der Waals surface area contributed by atoms with Gasteiger partial charge in [-0.1, -0.05) is 30.3 Å². The van der Waals surface area contributed by atoms with Crippen molar-refractivity contribution >= 4 is 17.2 Å². The predicted octanol–water partition coefficient (Wildman–Crippen LogP) is 4.96. The smallest absolute Gasteiger partial charge is 0.264 e. The Morgan fingerprint density at radius 3 is 2.56 bits per heavy atom. The van der Waals surface area contributed by atoms with Crippen molar-refractivity contribution in [2.24, 2.45) is 0 Å². The standard InChI is InChI=1S/C21H17N3O2S/c1-14(15-9-11-22-12-10-15)23-20(25)19-18(16-6-3-2-4-7-16)24-21(27-19)17-8-5-13-26-17/h2-14H,1H3,(H,23,25)/t14-/m0/s1. The highest BCUT2D eigenvalue weighted by Gasteiger charge is 2.22. The zero-order valence-corrected chi connectivity index (χ0v) is 15.4. The minimum absolute atomic E-state index is 0.140. The highest BCUT2D eigenvalue weighted by Crippen LogP contribution is 2.34. The van der Waals surface area contributed by atoms with Crippen LogP contribution in [0.5, 0.6) is 0 Å². The van der Waals surface area contributed by atoms with Gasteiger partial charge in [0.15, 0.2) is 10.8 Å². The van der Waals surface area contributed by atoms with Crippen LogP contribution in [-0.2, 0) is 0 Å². The van der Waals surface area contributed by atoms with Crippen LogP contribution in [0.1, 0.15) is 28.2 Å². The Bertz CT molecular complexity index is 1030. The van der Waals surface area contributed by atoms with Crippen LogP contribution in [0.3, 0.4) is 0 Å². The maximum absolute atomic E-state index is 13.0. The maximum atomic E-state index is 13.0. The third-order valence-corrected chi connectivity index (χ3v) is 5.23. The first kappa shape index (κ1) is 17.2. The number of furan rings is 1. The fourth-order valence-electron chi connectivity index (χ4n) is 2.77. The summed E-state index contributed by atoms with van der Waals surface area (Å²) in [5, 5.41) is 3.74. The number of carbonyl (C=O) groups is 1. The number of aromatic nitrogens is 2. The minimum atomic E-state index is -0.159. The van der Waals surface area contributed by atoms with E-state index in [4.69, 9.17) is 4.42 Å². The molecule has 4 aromatic rings. The molecule has 1 atom stereocenters. The molecule has 27 heavy (non-hydrogen) atoms. The second-order valence-electron chi connectivity index (χ2n) is 6.02. The van der Waals surface area contributed by atoms with E-state index in [9.17, 15) is 4.79 Å². The van der Waals surface area contributed by atoms with Crippen molar-refractivity contribution in [1.82, 2.24) is 15.3 Å². The molecule has 0 radical (unpaired) electrons. The summed E-state index contributed by atoms with van der Waals surface area (Å²) in [5.74, 6) is 0.492. The molecule has 1 aromatic carbocycles. The predicted molar refractivity (Wildman–Crippen MR) is 105 cm³/mol. The zero-order chi connectivity index (χ0) is 18.6. The molecule has 0 aliphatic rings. The number of hydrogen-bond donors (Lipinski definition) is 1. The van der Waals surface area contributed by atoms with Crippen LogP contribution in [0.15, 0.2) is 77.7 Å². The molecule has 6 heteroatoms. The third kappa shape index (κ3) is 3.66. The summed E-state index contributed by atoms with van der Waals surface area (Å²) >= 11 is 1.33. The van der Waals surface area contributed by atoms with Gasteiger partial charge in [0.25, 0.3) is 5.91 Å². The van der Waals surface area contributed by atoms with E-state index in [2.05, 4.69) is 15.3 Å². The molecule has 134 valence electrons. The van der Waals surface area contributed by atoms with Gasteiger partial charge < -0.3 is 9.73 Å². The average Bonchev–Trinajstić information content (AvgIpc) is 3.39. The molecule has 0 saturated heterocycles. The van der Waals surface area contributed by atoms with Crippen LogP contribution in [0.4, 0.5) is 0 Å². The number of thiazole rings is 1. The molecule has 0 bridgehead atoms. The van der Waals surface area contributed by atoms with Crippen LogP contribution in [-0.4, -0.2) is 15.9 Å². The average molecular weight is 375 g/mol. The summed E-state index contributed by atoms with van der Waals surface area (Å²) < 4.78 is 5.46. The van der Waals surface area contributed by atoms with Gasteiger partial charge in [-0.05, 0) is 36.8 Å². The summed E-state index contributed by atoms with van der Waals surface area (Å²) in [6, 6.07) is 17.0. The fraction of sp³-hybridized carbons (Fsp3) is 0.0952. The largest absolute Gasteiger partial charge is 0.462 e. The van der Waals surface area contributed by atoms with E-state index in [1.807, 2.05) is 61.5 Å². The van der Waals surface area contributed by atoms with Gasteiger partial charge >= 0.3 is 0 Å². The van der Waals surface area contributed by atoms with Crippen molar-refractivity contribution < 1.29 is 9.21 Å². The summed E-state index contributed by atoms with van der Waals surface area (Å²) in [7, 11) is 0. The second-order valence-corrected chi connectivity index (χ2v) is 7.01. The number of pyridine rings is 1. The Hall–Kier alpha value is -3.25. The van der Waals surface area contributed by atoms with E-state index in [-0.39, 0.29) is 11.9 Å². The van der Waals surface area contributed by atoms with E-state index in [0.29, 0.717) is 21.3 Å². The quantitative estimate of drug-likeness (QED) is 0.535. The van der Waals surface area contributed by atoms with Crippen LogP contribution in [0.2, 0.25) is 0 Å². The van der Waals surface area contributed by atoms with Gasteiger partial charge in [0.1, 0.15) is 4.88 Å². The summed E-state index contributed by atoms with van der Waals surface area (Å²) in [5.41, 5.74) is 2.55. The minimum Gasteiger partial charge on any atom is -0.462 e. The normalized spacial score (nSPS) is 11.9. The summed E-state index contributed by atoms with van der Waals surface area (Å²) in [6.07, 6.45) is 5.04. The number of nitrogens with zero attached hydrogens (tertiary/aromatic N) is 2. The first-order valence-corrected chi connectivity index (χ1v) is 9.35. The number of rotatable bonds is 5. The van der Waals surface area contributed by atoms with E-state index < -0.39 is 0 Å². The Morgan fingerprint density at radius 1 is 1.07 bits per heavy atom. The van der Waals surface area contributed by atoms with Crippen molar-refractivity contribution in [3.05, 3.63) is 83.7 Å². The monoisotopic (exact) mass is 375 g/mol. The lowest BCUT2D eigenvalue weighted by Gasteiger charge is -2.13. The van der Waals surface area contributed by atoms with Crippen LogP contribution < -0.4 is 5.32 Å². The third-order valence-electron chi connectivity index (χ3n) is 4.17. The molecular formula is C21H17N3O2S. The number of benzene rings is 1. The molecule has 1 N–H and O–H groups in total. The first-order chi connectivity index (χ1) is 13.2. The van der Waals surface area contributed by atoms with Crippen molar-refractivity contribution in [1.29, 1.82) is 0 Å². The molecule has 5 nitrogen and oxygen atoms in total. The molecule has 3 heterocycles. The lowest BCUT2D eigenvalue weighted by atomic mass is 10.1. The fourth-order valence-corrected chi connectivity index (χ4v) is 3.73. The van der Waals surface area contributed by atoms with E-state index in [0.717, 1.165) is 11.1 Å². The van der Waals surface area contributed by atoms with Crippen molar-refractivity contribution in [3.63, 3.8) is 0 Å². The van der Waals surface area contributed by atoms with Gasteiger partial charge in [-0.2, -0.15) is 0 Å². The van der Waals surface area contributed by atoms with Gasteiger partial charge in [-0.15, -0.1) is 11.3 Å². The topological polar surface area (TPSA) is 68.0 Å². The van der Waals surface area contributed by atoms with Gasteiger partial charge in [-0.3, -0.25) is 9.78 Å². The maximum Gasteiger partial charge on any atom is 0.264 e. The Morgan fingerprint density at radius 2 is 1.85 bits per heavy atom. The lowest BCUT2D eigenvalue weighted by Crippen LogP contribution is -2.26. The van der Waals surface area contributed by atoms with Gasteiger partial charge in [-0.25, -0.2) is 4.98 Å². The summed E-state index contributed by atoms with van der Waals surface area (Å²) in [4.78, 5) is 22.3. The van der Waals surface area contributed by atoms with E-state index in [1.54, 1.807) is 18.7 Å². The number of hydrogen-bond acceptors (Lipinski definition) is 5. The van der Waals surface area contributed by atoms with Gasteiger partial charge in [0.2, 0.25) is 0 Å². The molecule has 0 spiro atoms. The van der Waals surface area contributed by atoms with Crippen LogP contribution in [0, 0.1) is 0 Å². The number of carbonyl (C=O) groups excluding carboxylic acids is 1. The van der Waals surface area contributed by atoms with Crippen LogP contribution >= 0.6 is 11.3 Å².